The largest absolute Gasteiger partial charge is 0.398 e. The summed E-state index contributed by atoms with van der Waals surface area (Å²) >= 11 is 5.87. The maximum Gasteiger partial charge on any atom is 0.240 e. The second-order valence-corrected chi connectivity index (χ2v) is 7.45. The topological polar surface area (TPSA) is 72.2 Å². The van der Waals surface area contributed by atoms with Crippen molar-refractivity contribution >= 4 is 27.3 Å². The fraction of sp³-hybridized carbons (Fsp3) is 0.538. The van der Waals surface area contributed by atoms with Crippen LogP contribution in [-0.4, -0.2) is 14.5 Å². The smallest absolute Gasteiger partial charge is 0.240 e. The predicted molar refractivity (Wildman–Crippen MR) is 77.5 cm³/mol. The highest BCUT2D eigenvalue weighted by Gasteiger charge is 2.33. The standard InChI is InChI=1S/C13H19ClN2O2S/c1-8-3-6-13(9(8)2)16-19(17,18)10-4-5-12(15)11(14)7-10/h4-5,7-9,13,16H,3,6,15H2,1-2H3. The first-order valence-electron chi connectivity index (χ1n) is 6.38. The molecule has 0 amide bonds. The highest BCUT2D eigenvalue weighted by molar-refractivity contribution is 7.89. The zero-order chi connectivity index (χ0) is 14.2. The Morgan fingerprint density at radius 1 is 1.32 bits per heavy atom. The molecule has 0 bridgehead atoms. The van der Waals surface area contributed by atoms with E-state index >= 15 is 0 Å². The molecule has 3 atom stereocenters. The van der Waals surface area contributed by atoms with Crippen molar-refractivity contribution in [1.29, 1.82) is 0 Å². The Labute approximate surface area is 119 Å². The van der Waals surface area contributed by atoms with Gasteiger partial charge in [-0.3, -0.25) is 0 Å². The number of rotatable bonds is 3. The molecule has 19 heavy (non-hydrogen) atoms. The first-order chi connectivity index (χ1) is 8.81. The van der Waals surface area contributed by atoms with Gasteiger partial charge in [-0.1, -0.05) is 25.4 Å². The molecular weight excluding hydrogens is 284 g/mol. The Morgan fingerprint density at radius 3 is 2.53 bits per heavy atom. The highest BCUT2D eigenvalue weighted by atomic mass is 35.5. The molecule has 106 valence electrons. The number of nitrogens with one attached hydrogen (secondary N) is 1. The molecule has 0 aromatic heterocycles. The SMILES string of the molecule is CC1CCC(NS(=O)(=O)c2ccc(N)c(Cl)c2)C1C. The second kappa shape index (κ2) is 5.31. The fourth-order valence-electron chi connectivity index (χ4n) is 2.47. The molecule has 3 N–H and O–H groups in total. The van der Waals surface area contributed by atoms with E-state index in [0.717, 1.165) is 12.8 Å². The molecular formula is C13H19ClN2O2S. The van der Waals surface area contributed by atoms with E-state index in [1.807, 2.05) is 0 Å². The van der Waals surface area contributed by atoms with Crippen molar-refractivity contribution in [3.05, 3.63) is 23.2 Å². The first-order valence-corrected chi connectivity index (χ1v) is 8.24. The van der Waals surface area contributed by atoms with Crippen LogP contribution in [0.4, 0.5) is 5.69 Å². The summed E-state index contributed by atoms with van der Waals surface area (Å²) in [6, 6.07) is 4.38. The van der Waals surface area contributed by atoms with Crippen molar-refractivity contribution in [2.75, 3.05) is 5.73 Å². The van der Waals surface area contributed by atoms with E-state index in [-0.39, 0.29) is 16.0 Å². The summed E-state index contributed by atoms with van der Waals surface area (Å²) in [5.41, 5.74) is 5.97. The Balaban J connectivity index is 2.21. The predicted octanol–water partition coefficient (Wildman–Crippen LogP) is 2.64. The van der Waals surface area contributed by atoms with Crippen LogP contribution in [0.25, 0.3) is 0 Å². The second-order valence-electron chi connectivity index (χ2n) is 5.32. The van der Waals surface area contributed by atoms with Gasteiger partial charge >= 0.3 is 0 Å². The number of sulfonamides is 1. The van der Waals surface area contributed by atoms with Gasteiger partial charge in [0.15, 0.2) is 0 Å². The van der Waals surface area contributed by atoms with Gasteiger partial charge in [-0.15, -0.1) is 0 Å². The summed E-state index contributed by atoms with van der Waals surface area (Å²) < 4.78 is 27.4. The molecule has 3 unspecified atom stereocenters. The summed E-state index contributed by atoms with van der Waals surface area (Å²) in [6.07, 6.45) is 1.93. The highest BCUT2D eigenvalue weighted by Crippen LogP contribution is 2.32. The van der Waals surface area contributed by atoms with Crippen molar-refractivity contribution < 1.29 is 8.42 Å². The van der Waals surface area contributed by atoms with Gasteiger partial charge in [-0.2, -0.15) is 0 Å². The van der Waals surface area contributed by atoms with E-state index in [9.17, 15) is 8.42 Å². The van der Waals surface area contributed by atoms with Crippen LogP contribution in [-0.2, 0) is 10.0 Å². The normalized spacial score (nSPS) is 27.6. The van der Waals surface area contributed by atoms with Gasteiger partial charge in [0, 0.05) is 6.04 Å². The van der Waals surface area contributed by atoms with Crippen LogP contribution >= 0.6 is 11.6 Å². The molecule has 1 aromatic carbocycles. The van der Waals surface area contributed by atoms with Gasteiger partial charge in [0.2, 0.25) is 10.0 Å². The zero-order valence-electron chi connectivity index (χ0n) is 11.1. The van der Waals surface area contributed by atoms with Crippen LogP contribution in [0.5, 0.6) is 0 Å². The summed E-state index contributed by atoms with van der Waals surface area (Å²) in [5.74, 6) is 0.890. The molecule has 4 nitrogen and oxygen atoms in total. The van der Waals surface area contributed by atoms with Crippen LogP contribution < -0.4 is 10.5 Å². The number of hydrogen-bond donors (Lipinski definition) is 2. The summed E-state index contributed by atoms with van der Waals surface area (Å²) in [4.78, 5) is 0.165. The van der Waals surface area contributed by atoms with Crippen molar-refractivity contribution in [2.45, 2.75) is 37.6 Å². The zero-order valence-corrected chi connectivity index (χ0v) is 12.6. The molecule has 0 aliphatic heterocycles. The average molecular weight is 303 g/mol. The third-order valence-corrected chi connectivity index (χ3v) is 5.87. The third-order valence-electron chi connectivity index (χ3n) is 4.05. The van der Waals surface area contributed by atoms with Crippen LogP contribution in [0.2, 0.25) is 5.02 Å². The van der Waals surface area contributed by atoms with Crippen molar-refractivity contribution in [3.8, 4) is 0 Å². The monoisotopic (exact) mass is 302 g/mol. The van der Waals surface area contributed by atoms with E-state index in [0.29, 0.717) is 17.5 Å². The van der Waals surface area contributed by atoms with E-state index in [2.05, 4.69) is 18.6 Å². The molecule has 1 aliphatic rings. The first kappa shape index (κ1) is 14.6. The summed E-state index contributed by atoms with van der Waals surface area (Å²) in [6.45, 7) is 4.24. The summed E-state index contributed by atoms with van der Waals surface area (Å²) in [7, 11) is -3.53. The molecule has 0 spiro atoms. The van der Waals surface area contributed by atoms with Crippen molar-refractivity contribution in [1.82, 2.24) is 4.72 Å². The molecule has 2 rings (SSSR count). The molecule has 1 aliphatic carbocycles. The third kappa shape index (κ3) is 3.04. The lowest BCUT2D eigenvalue weighted by Crippen LogP contribution is -2.37. The fourth-order valence-corrected chi connectivity index (χ4v) is 4.11. The Hall–Kier alpha value is -0.780. The van der Waals surface area contributed by atoms with Gasteiger partial charge in [0.05, 0.1) is 15.6 Å². The maximum atomic E-state index is 12.3. The molecule has 0 saturated heterocycles. The minimum Gasteiger partial charge on any atom is -0.398 e. The van der Waals surface area contributed by atoms with Gasteiger partial charge in [0.1, 0.15) is 0 Å². The number of halogens is 1. The molecule has 0 heterocycles. The van der Waals surface area contributed by atoms with Crippen LogP contribution in [0.1, 0.15) is 26.7 Å². The van der Waals surface area contributed by atoms with Gasteiger partial charge in [-0.05, 0) is 42.9 Å². The molecule has 0 radical (unpaired) electrons. The van der Waals surface area contributed by atoms with Crippen LogP contribution in [0, 0.1) is 11.8 Å². The number of anilines is 1. The summed E-state index contributed by atoms with van der Waals surface area (Å²) in [5, 5.41) is 0.260. The molecule has 1 fully saturated rings. The number of hydrogen-bond acceptors (Lipinski definition) is 3. The van der Waals surface area contributed by atoms with E-state index in [4.69, 9.17) is 17.3 Å². The Morgan fingerprint density at radius 2 is 2.00 bits per heavy atom. The number of nitrogen functional groups attached to an aromatic ring is 1. The van der Waals surface area contributed by atoms with E-state index < -0.39 is 10.0 Å². The number of nitrogens with two attached hydrogens (primary N) is 1. The minimum atomic E-state index is -3.53. The van der Waals surface area contributed by atoms with Gasteiger partial charge in [0.25, 0.3) is 0 Å². The van der Waals surface area contributed by atoms with Gasteiger partial charge < -0.3 is 5.73 Å². The molecule has 1 aromatic rings. The quantitative estimate of drug-likeness (QED) is 0.843. The van der Waals surface area contributed by atoms with Crippen molar-refractivity contribution in [2.24, 2.45) is 11.8 Å². The van der Waals surface area contributed by atoms with E-state index in [1.54, 1.807) is 0 Å². The lowest BCUT2D eigenvalue weighted by atomic mass is 9.98. The van der Waals surface area contributed by atoms with Gasteiger partial charge in [-0.25, -0.2) is 13.1 Å². The Bertz CT molecular complexity index is 574. The minimum absolute atomic E-state index is 0.00340. The van der Waals surface area contributed by atoms with E-state index in [1.165, 1.54) is 18.2 Å². The Kier molecular flexibility index (Phi) is 4.08. The van der Waals surface area contributed by atoms with Crippen LogP contribution in [0.15, 0.2) is 23.1 Å². The number of benzene rings is 1. The molecule has 1 saturated carbocycles. The average Bonchev–Trinajstić information content (AvgIpc) is 2.64. The lowest BCUT2D eigenvalue weighted by Gasteiger charge is -2.19. The molecule has 6 heteroatoms. The maximum absolute atomic E-state index is 12.3. The van der Waals surface area contributed by atoms with Crippen LogP contribution in [0.3, 0.4) is 0 Å². The van der Waals surface area contributed by atoms with Crippen molar-refractivity contribution in [3.63, 3.8) is 0 Å². The lowest BCUT2D eigenvalue weighted by molar-refractivity contribution is 0.402.